The van der Waals surface area contributed by atoms with Crippen LogP contribution in [-0.2, 0) is 16.1 Å². The van der Waals surface area contributed by atoms with Gasteiger partial charge in [0.1, 0.15) is 5.82 Å². The van der Waals surface area contributed by atoms with Crippen LogP contribution >= 0.6 is 0 Å². The van der Waals surface area contributed by atoms with E-state index in [0.29, 0.717) is 19.8 Å². The molecule has 1 aromatic rings. The first-order valence-electron chi connectivity index (χ1n) is 6.48. The van der Waals surface area contributed by atoms with Gasteiger partial charge in [0.15, 0.2) is 0 Å². The second kappa shape index (κ2) is 6.49. The Kier molecular flexibility index (Phi) is 4.70. The Labute approximate surface area is 112 Å². The molecule has 6 heteroatoms. The molecule has 104 valence electrons. The van der Waals surface area contributed by atoms with E-state index in [0.717, 1.165) is 24.5 Å². The van der Waals surface area contributed by atoms with Crippen LogP contribution in [0.2, 0.25) is 0 Å². The van der Waals surface area contributed by atoms with Crippen molar-refractivity contribution in [3.63, 3.8) is 0 Å². The number of amides is 1. The number of nitrogens with one attached hydrogen (secondary N) is 1. The maximum Gasteiger partial charge on any atom is 0.236 e. The average molecular weight is 264 g/mol. The van der Waals surface area contributed by atoms with E-state index < -0.39 is 6.04 Å². The molecule has 0 bridgehead atoms. The van der Waals surface area contributed by atoms with Crippen molar-refractivity contribution in [3.05, 3.63) is 23.9 Å². The molecule has 1 aliphatic heterocycles. The highest BCUT2D eigenvalue weighted by Gasteiger charge is 2.16. The van der Waals surface area contributed by atoms with Crippen molar-refractivity contribution in [1.82, 2.24) is 10.3 Å². The van der Waals surface area contributed by atoms with Crippen LogP contribution < -0.4 is 16.0 Å². The third kappa shape index (κ3) is 3.65. The van der Waals surface area contributed by atoms with Crippen molar-refractivity contribution < 1.29 is 9.53 Å². The Morgan fingerprint density at radius 2 is 2.32 bits per heavy atom. The topological polar surface area (TPSA) is 80.5 Å². The molecule has 0 radical (unpaired) electrons. The van der Waals surface area contributed by atoms with Gasteiger partial charge in [-0.1, -0.05) is 6.07 Å². The van der Waals surface area contributed by atoms with E-state index >= 15 is 0 Å². The second-order valence-electron chi connectivity index (χ2n) is 4.59. The normalized spacial score (nSPS) is 17.1. The monoisotopic (exact) mass is 264 g/mol. The Morgan fingerprint density at radius 1 is 1.58 bits per heavy atom. The number of aromatic nitrogens is 1. The molecule has 1 aliphatic rings. The standard InChI is InChI=1S/C13H20N4O2/c1-10(14)13(18)16-9-11-3-2-4-15-12(11)17-5-7-19-8-6-17/h2-4,10H,5-9,14H2,1H3,(H,16,18)/t10-/m1/s1. The minimum absolute atomic E-state index is 0.156. The molecule has 1 amide bonds. The predicted octanol–water partition coefficient (Wildman–Crippen LogP) is -0.118. The second-order valence-corrected chi connectivity index (χ2v) is 4.59. The van der Waals surface area contributed by atoms with E-state index in [1.807, 2.05) is 12.1 Å². The van der Waals surface area contributed by atoms with Gasteiger partial charge in [-0.25, -0.2) is 4.98 Å². The SMILES string of the molecule is C[C@@H](N)C(=O)NCc1cccnc1N1CCOCC1. The van der Waals surface area contributed by atoms with Gasteiger partial charge >= 0.3 is 0 Å². The molecule has 0 spiro atoms. The van der Waals surface area contributed by atoms with Crippen molar-refractivity contribution in [3.8, 4) is 0 Å². The lowest BCUT2D eigenvalue weighted by molar-refractivity contribution is -0.122. The van der Waals surface area contributed by atoms with Crippen LogP contribution in [-0.4, -0.2) is 43.2 Å². The number of anilines is 1. The van der Waals surface area contributed by atoms with Crippen LogP contribution in [0.25, 0.3) is 0 Å². The van der Waals surface area contributed by atoms with Crippen molar-refractivity contribution in [1.29, 1.82) is 0 Å². The molecule has 1 saturated heterocycles. The number of morpholine rings is 1. The Morgan fingerprint density at radius 3 is 3.00 bits per heavy atom. The summed E-state index contributed by atoms with van der Waals surface area (Å²) in [5.74, 6) is 0.757. The number of rotatable bonds is 4. The molecule has 1 aromatic heterocycles. The lowest BCUT2D eigenvalue weighted by Gasteiger charge is -2.29. The first-order chi connectivity index (χ1) is 9.18. The van der Waals surface area contributed by atoms with E-state index in [4.69, 9.17) is 10.5 Å². The van der Waals surface area contributed by atoms with Gasteiger partial charge in [-0.3, -0.25) is 4.79 Å². The molecule has 0 aromatic carbocycles. The molecule has 1 fully saturated rings. The summed E-state index contributed by atoms with van der Waals surface area (Å²) in [7, 11) is 0. The fraction of sp³-hybridized carbons (Fsp3) is 0.538. The zero-order valence-electron chi connectivity index (χ0n) is 11.1. The molecule has 2 heterocycles. The van der Waals surface area contributed by atoms with Gasteiger partial charge in [0.2, 0.25) is 5.91 Å². The van der Waals surface area contributed by atoms with Crippen molar-refractivity contribution in [2.45, 2.75) is 19.5 Å². The number of nitrogens with zero attached hydrogens (tertiary/aromatic N) is 2. The Hall–Kier alpha value is -1.66. The van der Waals surface area contributed by atoms with Gasteiger partial charge in [0, 0.05) is 31.4 Å². The van der Waals surface area contributed by atoms with Crippen LogP contribution in [0, 0.1) is 0 Å². The number of carbonyl (C=O) groups excluding carboxylic acids is 1. The van der Waals surface area contributed by atoms with Crippen LogP contribution in [0.15, 0.2) is 18.3 Å². The highest BCUT2D eigenvalue weighted by atomic mass is 16.5. The van der Waals surface area contributed by atoms with Gasteiger partial charge < -0.3 is 20.7 Å². The summed E-state index contributed by atoms with van der Waals surface area (Å²) >= 11 is 0. The van der Waals surface area contributed by atoms with Crippen LogP contribution in [0.5, 0.6) is 0 Å². The van der Waals surface area contributed by atoms with E-state index in [1.54, 1.807) is 13.1 Å². The van der Waals surface area contributed by atoms with Crippen molar-refractivity contribution >= 4 is 11.7 Å². The van der Waals surface area contributed by atoms with Gasteiger partial charge in [-0.15, -0.1) is 0 Å². The predicted molar refractivity (Wildman–Crippen MR) is 72.8 cm³/mol. The number of hydrogen-bond donors (Lipinski definition) is 2. The van der Waals surface area contributed by atoms with Gasteiger partial charge in [0.05, 0.1) is 19.3 Å². The smallest absolute Gasteiger partial charge is 0.236 e. The summed E-state index contributed by atoms with van der Waals surface area (Å²) in [5, 5.41) is 2.82. The zero-order valence-corrected chi connectivity index (χ0v) is 11.1. The summed E-state index contributed by atoms with van der Waals surface area (Å²) in [6, 6.07) is 3.35. The maximum absolute atomic E-state index is 11.5. The van der Waals surface area contributed by atoms with Crippen molar-refractivity contribution in [2.24, 2.45) is 5.73 Å². The summed E-state index contributed by atoms with van der Waals surface area (Å²) in [4.78, 5) is 18.1. The number of pyridine rings is 1. The fourth-order valence-electron chi connectivity index (χ4n) is 1.97. The molecule has 6 nitrogen and oxygen atoms in total. The number of nitrogens with two attached hydrogens (primary N) is 1. The molecule has 19 heavy (non-hydrogen) atoms. The van der Waals surface area contributed by atoms with Crippen LogP contribution in [0.1, 0.15) is 12.5 Å². The first kappa shape index (κ1) is 13.8. The van der Waals surface area contributed by atoms with Crippen LogP contribution in [0.4, 0.5) is 5.82 Å². The zero-order chi connectivity index (χ0) is 13.7. The summed E-state index contributed by atoms with van der Waals surface area (Å²) in [6.45, 7) is 5.18. The minimum atomic E-state index is -0.497. The minimum Gasteiger partial charge on any atom is -0.378 e. The lowest BCUT2D eigenvalue weighted by Crippen LogP contribution is -2.39. The molecular formula is C13H20N4O2. The largest absolute Gasteiger partial charge is 0.378 e. The first-order valence-corrected chi connectivity index (χ1v) is 6.48. The van der Waals surface area contributed by atoms with E-state index in [2.05, 4.69) is 15.2 Å². The summed E-state index contributed by atoms with van der Waals surface area (Å²) in [5.41, 5.74) is 6.52. The summed E-state index contributed by atoms with van der Waals surface area (Å²) < 4.78 is 5.34. The maximum atomic E-state index is 11.5. The van der Waals surface area contributed by atoms with Gasteiger partial charge in [-0.05, 0) is 13.0 Å². The Bertz CT molecular complexity index is 430. The van der Waals surface area contributed by atoms with E-state index in [1.165, 1.54) is 0 Å². The summed E-state index contributed by atoms with van der Waals surface area (Å²) in [6.07, 6.45) is 1.77. The average Bonchev–Trinajstić information content (AvgIpc) is 2.46. The van der Waals surface area contributed by atoms with Gasteiger partial charge in [0.25, 0.3) is 0 Å². The quantitative estimate of drug-likeness (QED) is 0.792. The molecule has 3 N–H and O–H groups in total. The number of ether oxygens (including phenoxy) is 1. The lowest BCUT2D eigenvalue weighted by atomic mass is 10.2. The third-order valence-corrected chi connectivity index (χ3v) is 3.04. The molecule has 1 atom stereocenters. The fourth-order valence-corrected chi connectivity index (χ4v) is 1.97. The Balaban J connectivity index is 2.05. The third-order valence-electron chi connectivity index (χ3n) is 3.04. The number of carbonyl (C=O) groups is 1. The highest BCUT2D eigenvalue weighted by Crippen LogP contribution is 2.18. The molecule has 0 saturated carbocycles. The van der Waals surface area contributed by atoms with E-state index in [-0.39, 0.29) is 5.91 Å². The molecule has 0 aliphatic carbocycles. The molecule has 2 rings (SSSR count). The molecule has 0 unspecified atom stereocenters. The van der Waals surface area contributed by atoms with Crippen molar-refractivity contribution in [2.75, 3.05) is 31.2 Å². The van der Waals surface area contributed by atoms with Gasteiger partial charge in [-0.2, -0.15) is 0 Å². The molecular weight excluding hydrogens is 244 g/mol. The number of hydrogen-bond acceptors (Lipinski definition) is 5. The van der Waals surface area contributed by atoms with Crippen LogP contribution in [0.3, 0.4) is 0 Å². The van der Waals surface area contributed by atoms with E-state index in [9.17, 15) is 4.79 Å². The highest BCUT2D eigenvalue weighted by molar-refractivity contribution is 5.81.